The van der Waals surface area contributed by atoms with E-state index in [0.29, 0.717) is 38.7 Å². The van der Waals surface area contributed by atoms with Crippen molar-refractivity contribution in [2.75, 3.05) is 39.6 Å². The number of esters is 8. The number of hydrogen-bond acceptors (Lipinski definition) is 22. The number of carbonyl (C=O) groups excluding carboxylic acids is 8. The summed E-state index contributed by atoms with van der Waals surface area (Å²) in [4.78, 5) is 112. The molecule has 2 heterocycles. The molecule has 0 bridgehead atoms. The van der Waals surface area contributed by atoms with E-state index in [9.17, 15) is 38.4 Å². The summed E-state index contributed by atoms with van der Waals surface area (Å²) in [5.74, 6) is -13.1. The molecule has 87 heavy (non-hydrogen) atoms. The second-order valence-corrected chi connectivity index (χ2v) is 31.6. The minimum absolute atomic E-state index is 0.328. The summed E-state index contributed by atoms with van der Waals surface area (Å²) < 4.78 is 93.3. The summed E-state index contributed by atoms with van der Waals surface area (Å²) in [7, 11) is 0. The summed E-state index contributed by atoms with van der Waals surface area (Å²) in [5.41, 5.74) is 0. The van der Waals surface area contributed by atoms with Crippen LogP contribution in [-0.2, 0) is 90.5 Å². The number of hydrogen-bond donors (Lipinski definition) is 0. The van der Waals surface area contributed by atoms with Crippen molar-refractivity contribution in [2.45, 2.75) is 124 Å². The van der Waals surface area contributed by atoms with Crippen molar-refractivity contribution in [3.63, 3.8) is 0 Å². The number of carbonyl (C=O) groups is 8. The molecule has 9 atom stereocenters. The highest BCUT2D eigenvalue weighted by atomic mass is 127. The maximum absolute atomic E-state index is 14.5. The van der Waals surface area contributed by atoms with Gasteiger partial charge >= 0.3 is 47.8 Å². The van der Waals surface area contributed by atoms with Gasteiger partial charge in [0, 0.05) is 10.7 Å². The van der Waals surface area contributed by atoms with Crippen molar-refractivity contribution in [1.82, 2.24) is 0 Å². The van der Waals surface area contributed by atoms with Crippen molar-refractivity contribution in [2.24, 2.45) is 29.6 Å². The third kappa shape index (κ3) is 22.5. The van der Waals surface area contributed by atoms with Gasteiger partial charge in [-0.1, -0.05) is 69.2 Å². The zero-order valence-electron chi connectivity index (χ0n) is 48.1. The SMILES string of the molecule is CC(C)C(=O)OC[C@H]1O[C@@](COC(=O)C(C)C)(O[C@H]2O[C@H](COC(=O)C(C)C)[C@@H](OC(=O)COc3c(I)cc(I)cc3I)[C@H](OC(=O)COc3c(I)cc(I)cc3I)[C@H]2OC(=O)C(C)C)[C@@H](OC(=O)COc2c(I)cc(I)cc2I)[C@@H]1OC(=O)C(C)C. The Labute approximate surface area is 626 Å². The monoisotopic (exact) mass is 2230 g/mol. The minimum atomic E-state index is -2.76. The van der Waals surface area contributed by atoms with E-state index in [1.54, 1.807) is 27.7 Å². The first kappa shape index (κ1) is 77.0. The zero-order valence-corrected chi connectivity index (χ0v) is 67.5. The van der Waals surface area contributed by atoms with Crippen LogP contribution in [0.5, 0.6) is 17.2 Å². The maximum atomic E-state index is 14.5. The summed E-state index contributed by atoms with van der Waals surface area (Å²) in [6.45, 7) is 10.6. The Morgan fingerprint density at radius 2 is 0.747 bits per heavy atom. The van der Waals surface area contributed by atoms with Gasteiger partial charge in [-0.25, -0.2) is 14.4 Å². The van der Waals surface area contributed by atoms with Gasteiger partial charge in [0.2, 0.25) is 12.1 Å². The van der Waals surface area contributed by atoms with Crippen LogP contribution in [0, 0.1) is 61.7 Å². The Morgan fingerprint density at radius 3 is 1.13 bits per heavy atom. The fourth-order valence-corrected chi connectivity index (χ4v) is 19.4. The van der Waals surface area contributed by atoms with Crippen molar-refractivity contribution in [3.8, 4) is 17.2 Å². The average molecular weight is 2230 g/mol. The molecule has 2 aliphatic heterocycles. The first-order valence-electron chi connectivity index (χ1n) is 26.5. The average Bonchev–Trinajstić information content (AvgIpc) is 2.02. The van der Waals surface area contributed by atoms with Gasteiger partial charge in [-0.15, -0.1) is 0 Å². The van der Waals surface area contributed by atoms with Gasteiger partial charge in [-0.05, 0) is 240 Å². The summed E-state index contributed by atoms with van der Waals surface area (Å²) >= 11 is 18.7. The van der Waals surface area contributed by atoms with E-state index in [0.717, 1.165) is 10.7 Å². The van der Waals surface area contributed by atoms with Gasteiger partial charge in [-0.2, -0.15) is 0 Å². The van der Waals surface area contributed by atoms with Gasteiger partial charge in [0.15, 0.2) is 50.3 Å². The summed E-state index contributed by atoms with van der Waals surface area (Å²) in [6.07, 6.45) is -15.2. The minimum Gasteiger partial charge on any atom is -0.480 e. The van der Waals surface area contributed by atoms with Crippen LogP contribution in [0.1, 0.15) is 69.2 Å². The molecule has 0 unspecified atom stereocenters. The highest BCUT2D eigenvalue weighted by Gasteiger charge is 2.65. The van der Waals surface area contributed by atoms with Crippen molar-refractivity contribution < 1.29 is 105 Å². The Morgan fingerprint density at radius 1 is 0.414 bits per heavy atom. The van der Waals surface area contributed by atoms with E-state index < -0.39 is 172 Å². The molecule has 2 aliphatic rings. The quantitative estimate of drug-likeness (QED) is 0.0390. The molecule has 31 heteroatoms. The van der Waals surface area contributed by atoms with Gasteiger partial charge in [0.1, 0.15) is 49.3 Å². The van der Waals surface area contributed by atoms with Crippen molar-refractivity contribution in [1.29, 1.82) is 0 Å². The molecule has 3 aromatic carbocycles. The summed E-state index contributed by atoms with van der Waals surface area (Å²) in [6, 6.07) is 10.9. The normalized spacial score (nSPS) is 21.7. The second kappa shape index (κ2) is 35.7. The zero-order chi connectivity index (χ0) is 64.9. The number of benzene rings is 3. The lowest BCUT2D eigenvalue weighted by Crippen LogP contribution is -2.66. The van der Waals surface area contributed by atoms with E-state index in [4.69, 9.17) is 66.3 Å². The Bertz CT molecular complexity index is 2930. The van der Waals surface area contributed by atoms with Crippen LogP contribution < -0.4 is 14.2 Å². The predicted molar refractivity (Wildman–Crippen MR) is 384 cm³/mol. The molecule has 2 saturated heterocycles. The molecule has 22 nitrogen and oxygen atoms in total. The van der Waals surface area contributed by atoms with E-state index >= 15 is 0 Å². The fourth-order valence-electron chi connectivity index (χ4n) is 7.69. The molecule has 5 rings (SSSR count). The van der Waals surface area contributed by atoms with Crippen LogP contribution >= 0.6 is 203 Å². The molecule has 480 valence electrons. The molecule has 0 saturated carbocycles. The molecule has 0 aromatic heterocycles. The molecule has 0 spiro atoms. The number of ether oxygens (including phenoxy) is 14. The fraction of sp³-hybridized carbons (Fsp3) is 0.536. The Hall–Kier alpha value is -0.730. The van der Waals surface area contributed by atoms with Gasteiger partial charge < -0.3 is 66.3 Å². The third-order valence-corrected chi connectivity index (χ3v) is 18.8. The highest BCUT2D eigenvalue weighted by molar-refractivity contribution is 14.1. The van der Waals surface area contributed by atoms with Crippen LogP contribution in [0.4, 0.5) is 0 Å². The molecular formula is C56H61I9O22. The van der Waals surface area contributed by atoms with Crippen molar-refractivity contribution >= 4 is 251 Å². The Kier molecular flexibility index (Phi) is 31.6. The molecule has 2 fully saturated rings. The molecule has 0 amide bonds. The van der Waals surface area contributed by atoms with E-state index in [1.165, 1.54) is 41.5 Å². The number of halogens is 9. The second-order valence-electron chi connectivity index (χ2n) is 20.9. The first-order valence-corrected chi connectivity index (χ1v) is 36.2. The molecule has 0 radical (unpaired) electrons. The Balaban J connectivity index is 1.76. The van der Waals surface area contributed by atoms with Crippen molar-refractivity contribution in [3.05, 3.63) is 68.5 Å². The molecular weight excluding hydrogens is 2170 g/mol. The standard InChI is InChI=1S/C56H61I9O22/c1-23(2)50(69)77-17-37-45(81-39(66)19-74-42-31(60)11-28(57)12-32(42)61)47(82-40(67)20-75-43-33(62)13-29(58)14-34(43)63)48(85-54(73)27(9)10)55(80-37)87-56(22-79-52(71)25(5)6)49(83-41(68)21-76-44-35(64)15-30(59)16-36(44)65)46(84-53(72)26(7)8)38(86-56)18-78-51(70)24(3)4/h11-16,23-27,37-38,45-49,55H,17-22H2,1-10H3/t37-,38-,45-,46-,47+,48-,49+,55-,56+/m1/s1. The van der Waals surface area contributed by atoms with Crippen LogP contribution in [0.25, 0.3) is 0 Å². The predicted octanol–water partition coefficient (Wildman–Crippen LogP) is 11.0. The van der Waals surface area contributed by atoms with E-state index in [2.05, 4.69) is 158 Å². The third-order valence-electron chi connectivity index (χ3n) is 12.1. The lowest BCUT2D eigenvalue weighted by Gasteiger charge is -2.47. The van der Waals surface area contributed by atoms with Crippen LogP contribution in [0.3, 0.4) is 0 Å². The van der Waals surface area contributed by atoms with E-state index in [1.807, 2.05) is 81.6 Å². The molecule has 0 N–H and O–H groups in total. The van der Waals surface area contributed by atoms with Crippen LogP contribution in [-0.4, -0.2) is 142 Å². The smallest absolute Gasteiger partial charge is 0.344 e. The van der Waals surface area contributed by atoms with Gasteiger partial charge in [0.25, 0.3) is 0 Å². The van der Waals surface area contributed by atoms with Gasteiger partial charge in [-0.3, -0.25) is 24.0 Å². The van der Waals surface area contributed by atoms with Crippen LogP contribution in [0.2, 0.25) is 0 Å². The molecule has 0 aliphatic carbocycles. The lowest BCUT2D eigenvalue weighted by atomic mass is 9.97. The van der Waals surface area contributed by atoms with Gasteiger partial charge in [0.05, 0.1) is 51.0 Å². The lowest BCUT2D eigenvalue weighted by molar-refractivity contribution is -0.385. The van der Waals surface area contributed by atoms with Crippen LogP contribution in [0.15, 0.2) is 36.4 Å². The topological polar surface area (TPSA) is 266 Å². The number of rotatable bonds is 27. The van der Waals surface area contributed by atoms with E-state index in [-0.39, 0.29) is 0 Å². The summed E-state index contributed by atoms with van der Waals surface area (Å²) in [5, 5.41) is 0. The maximum Gasteiger partial charge on any atom is 0.344 e. The largest absolute Gasteiger partial charge is 0.480 e. The molecule has 3 aromatic rings. The highest BCUT2D eigenvalue weighted by Crippen LogP contribution is 2.43. The first-order chi connectivity index (χ1) is 40.7.